The van der Waals surface area contributed by atoms with E-state index in [0.29, 0.717) is 26.3 Å². The van der Waals surface area contributed by atoms with Crippen LogP contribution in [0.15, 0.2) is 29.3 Å². The molecule has 0 unspecified atom stereocenters. The first-order valence-electron chi connectivity index (χ1n) is 10.7. The Morgan fingerprint density at radius 3 is 2.63 bits per heavy atom. The van der Waals surface area contributed by atoms with Gasteiger partial charge in [-0.2, -0.15) is 0 Å². The molecule has 0 aliphatic carbocycles. The topological polar surface area (TPSA) is 78.4 Å². The minimum atomic E-state index is 0.0882. The monoisotopic (exact) mass is 419 g/mol. The van der Waals surface area contributed by atoms with Crippen LogP contribution in [0, 0.1) is 0 Å². The van der Waals surface area contributed by atoms with Gasteiger partial charge in [0.2, 0.25) is 5.91 Å². The van der Waals surface area contributed by atoms with Crippen LogP contribution in [-0.4, -0.2) is 87.8 Å². The van der Waals surface area contributed by atoms with Gasteiger partial charge >= 0.3 is 0 Å². The third-order valence-corrected chi connectivity index (χ3v) is 4.81. The Balaban J connectivity index is 1.77. The maximum absolute atomic E-state index is 12.0. The van der Waals surface area contributed by atoms with Gasteiger partial charge in [0.25, 0.3) is 0 Å². The molecule has 1 fully saturated rings. The Labute approximate surface area is 180 Å². The van der Waals surface area contributed by atoms with Gasteiger partial charge in [0.1, 0.15) is 5.75 Å². The summed E-state index contributed by atoms with van der Waals surface area (Å²) >= 11 is 0. The van der Waals surface area contributed by atoms with Gasteiger partial charge in [0, 0.05) is 66.0 Å². The third-order valence-electron chi connectivity index (χ3n) is 4.81. The van der Waals surface area contributed by atoms with Crippen LogP contribution < -0.4 is 15.4 Å². The molecule has 2 rings (SSSR count). The van der Waals surface area contributed by atoms with Crippen molar-refractivity contribution in [3.63, 3.8) is 0 Å². The second-order valence-electron chi connectivity index (χ2n) is 7.73. The molecule has 30 heavy (non-hydrogen) atoms. The molecule has 1 saturated heterocycles. The minimum Gasteiger partial charge on any atom is -0.493 e. The first-order chi connectivity index (χ1) is 14.5. The highest BCUT2D eigenvalue weighted by Crippen LogP contribution is 2.14. The van der Waals surface area contributed by atoms with Crippen molar-refractivity contribution in [2.75, 3.05) is 60.1 Å². The number of hydrogen-bond acceptors (Lipinski definition) is 5. The molecule has 0 radical (unpaired) electrons. The number of ether oxygens (including phenoxy) is 2. The van der Waals surface area contributed by atoms with Crippen LogP contribution in [0.4, 0.5) is 0 Å². The quantitative estimate of drug-likeness (QED) is 0.338. The number of nitrogens with one attached hydrogen (secondary N) is 2. The van der Waals surface area contributed by atoms with Crippen molar-refractivity contribution < 1.29 is 14.3 Å². The van der Waals surface area contributed by atoms with Crippen molar-refractivity contribution in [2.45, 2.75) is 32.9 Å². The van der Waals surface area contributed by atoms with E-state index < -0.39 is 0 Å². The predicted molar refractivity (Wildman–Crippen MR) is 120 cm³/mol. The molecule has 1 aliphatic heterocycles. The summed E-state index contributed by atoms with van der Waals surface area (Å²) in [5, 5.41) is 6.39. The Bertz CT molecular complexity index is 672. The first-order valence-corrected chi connectivity index (χ1v) is 10.7. The SMILES string of the molecule is CN=C(NCc1cccc(OCCCOC)c1)N1CCN(CC(=O)NC(C)C)CC1. The molecule has 1 amide bonds. The van der Waals surface area contributed by atoms with E-state index in [1.54, 1.807) is 14.2 Å². The van der Waals surface area contributed by atoms with E-state index in [2.05, 4.69) is 37.6 Å². The summed E-state index contributed by atoms with van der Waals surface area (Å²) in [4.78, 5) is 20.8. The average Bonchev–Trinajstić information content (AvgIpc) is 2.72. The van der Waals surface area contributed by atoms with Gasteiger partial charge in [-0.3, -0.25) is 14.7 Å². The van der Waals surface area contributed by atoms with E-state index in [1.807, 2.05) is 26.0 Å². The number of methoxy groups -OCH3 is 1. The number of rotatable bonds is 10. The minimum absolute atomic E-state index is 0.0882. The smallest absolute Gasteiger partial charge is 0.234 e. The van der Waals surface area contributed by atoms with Crippen LogP contribution >= 0.6 is 0 Å². The molecule has 8 nitrogen and oxygen atoms in total. The zero-order valence-corrected chi connectivity index (χ0v) is 18.8. The lowest BCUT2D eigenvalue weighted by Crippen LogP contribution is -2.54. The zero-order valence-electron chi connectivity index (χ0n) is 18.8. The fourth-order valence-corrected chi connectivity index (χ4v) is 3.34. The summed E-state index contributed by atoms with van der Waals surface area (Å²) < 4.78 is 10.8. The highest BCUT2D eigenvalue weighted by atomic mass is 16.5. The predicted octanol–water partition coefficient (Wildman–Crippen LogP) is 1.32. The lowest BCUT2D eigenvalue weighted by atomic mass is 10.2. The maximum atomic E-state index is 12.0. The Morgan fingerprint density at radius 1 is 1.20 bits per heavy atom. The van der Waals surface area contributed by atoms with Crippen molar-refractivity contribution in [2.24, 2.45) is 4.99 Å². The first kappa shape index (κ1) is 24.0. The maximum Gasteiger partial charge on any atom is 0.234 e. The number of carbonyl (C=O) groups is 1. The number of aliphatic imine (C=N–C) groups is 1. The molecule has 1 aromatic rings. The van der Waals surface area contributed by atoms with Gasteiger partial charge in [-0.1, -0.05) is 12.1 Å². The number of amides is 1. The molecule has 8 heteroatoms. The van der Waals surface area contributed by atoms with Crippen molar-refractivity contribution in [3.05, 3.63) is 29.8 Å². The molecule has 1 aliphatic rings. The lowest BCUT2D eigenvalue weighted by Gasteiger charge is -2.36. The fourth-order valence-electron chi connectivity index (χ4n) is 3.34. The summed E-state index contributed by atoms with van der Waals surface area (Å²) in [5.74, 6) is 1.84. The Hall–Kier alpha value is -2.32. The van der Waals surface area contributed by atoms with Gasteiger partial charge in [-0.25, -0.2) is 0 Å². The van der Waals surface area contributed by atoms with Crippen LogP contribution in [0.2, 0.25) is 0 Å². The molecule has 0 bridgehead atoms. The van der Waals surface area contributed by atoms with Gasteiger partial charge in [-0.05, 0) is 31.5 Å². The highest BCUT2D eigenvalue weighted by Gasteiger charge is 2.21. The largest absolute Gasteiger partial charge is 0.493 e. The number of benzene rings is 1. The van der Waals surface area contributed by atoms with E-state index in [4.69, 9.17) is 9.47 Å². The van der Waals surface area contributed by atoms with Crippen molar-refractivity contribution >= 4 is 11.9 Å². The second kappa shape index (κ2) is 13.1. The van der Waals surface area contributed by atoms with Crippen LogP contribution in [-0.2, 0) is 16.1 Å². The van der Waals surface area contributed by atoms with E-state index in [0.717, 1.165) is 49.9 Å². The Kier molecular flexibility index (Phi) is 10.4. The van der Waals surface area contributed by atoms with Gasteiger partial charge < -0.3 is 25.0 Å². The van der Waals surface area contributed by atoms with Crippen LogP contribution in [0.5, 0.6) is 5.75 Å². The number of nitrogens with zero attached hydrogens (tertiary/aromatic N) is 3. The van der Waals surface area contributed by atoms with E-state index >= 15 is 0 Å². The van der Waals surface area contributed by atoms with E-state index in [1.165, 1.54) is 0 Å². The molecule has 1 aromatic carbocycles. The summed E-state index contributed by atoms with van der Waals surface area (Å²) in [7, 11) is 3.50. The lowest BCUT2D eigenvalue weighted by molar-refractivity contribution is -0.123. The van der Waals surface area contributed by atoms with Gasteiger partial charge in [0.05, 0.1) is 13.2 Å². The number of guanidine groups is 1. The molecule has 0 saturated carbocycles. The van der Waals surface area contributed by atoms with E-state index in [9.17, 15) is 4.79 Å². The summed E-state index contributed by atoms with van der Waals surface area (Å²) in [6.45, 7) is 9.82. The van der Waals surface area contributed by atoms with Crippen molar-refractivity contribution in [1.29, 1.82) is 0 Å². The van der Waals surface area contributed by atoms with Gasteiger partial charge in [0.15, 0.2) is 5.96 Å². The number of carbonyl (C=O) groups excluding carboxylic acids is 1. The summed E-state index contributed by atoms with van der Waals surface area (Å²) in [6, 6.07) is 8.29. The molecule has 1 heterocycles. The van der Waals surface area contributed by atoms with Crippen molar-refractivity contribution in [3.8, 4) is 5.75 Å². The van der Waals surface area contributed by atoms with Crippen molar-refractivity contribution in [1.82, 2.24) is 20.4 Å². The molecule has 2 N–H and O–H groups in total. The molecular formula is C22H37N5O3. The second-order valence-corrected chi connectivity index (χ2v) is 7.73. The number of hydrogen-bond donors (Lipinski definition) is 2. The standard InChI is InChI=1S/C22H37N5O3/c1-18(2)25-21(28)17-26-9-11-27(12-10-26)22(23-3)24-16-19-7-5-8-20(15-19)30-14-6-13-29-4/h5,7-8,15,18H,6,9-14,16-17H2,1-4H3,(H,23,24)(H,25,28). The molecule has 168 valence electrons. The van der Waals surface area contributed by atoms with Crippen LogP contribution in [0.25, 0.3) is 0 Å². The zero-order chi connectivity index (χ0) is 21.8. The average molecular weight is 420 g/mol. The third kappa shape index (κ3) is 8.59. The normalized spacial score (nSPS) is 15.4. The summed E-state index contributed by atoms with van der Waals surface area (Å²) in [6.07, 6.45) is 0.872. The summed E-state index contributed by atoms with van der Waals surface area (Å²) in [5.41, 5.74) is 1.14. The van der Waals surface area contributed by atoms with Crippen LogP contribution in [0.3, 0.4) is 0 Å². The highest BCUT2D eigenvalue weighted by molar-refractivity contribution is 5.80. The Morgan fingerprint density at radius 2 is 1.97 bits per heavy atom. The molecular weight excluding hydrogens is 382 g/mol. The van der Waals surface area contributed by atoms with E-state index in [-0.39, 0.29) is 11.9 Å². The van der Waals surface area contributed by atoms with Gasteiger partial charge in [-0.15, -0.1) is 0 Å². The molecule has 0 spiro atoms. The number of piperazine rings is 1. The molecule has 0 aromatic heterocycles. The van der Waals surface area contributed by atoms with Crippen LogP contribution in [0.1, 0.15) is 25.8 Å². The molecule has 0 atom stereocenters. The fraction of sp³-hybridized carbons (Fsp3) is 0.636.